The van der Waals surface area contributed by atoms with Gasteiger partial charge in [0.1, 0.15) is 0 Å². The lowest BCUT2D eigenvalue weighted by Crippen LogP contribution is -2.33. The fourth-order valence-electron chi connectivity index (χ4n) is 2.46. The van der Waals surface area contributed by atoms with Crippen LogP contribution in [-0.2, 0) is 11.2 Å². The first-order valence-electron chi connectivity index (χ1n) is 7.89. The second kappa shape index (κ2) is 9.15. The van der Waals surface area contributed by atoms with Gasteiger partial charge in [-0.2, -0.15) is 0 Å². The molecule has 0 heterocycles. The summed E-state index contributed by atoms with van der Waals surface area (Å²) in [6.07, 6.45) is 4.93. The molecule has 0 aliphatic rings. The summed E-state index contributed by atoms with van der Waals surface area (Å²) in [5.41, 5.74) is 4.23. The molecule has 0 amide bonds. The molecule has 0 aliphatic heterocycles. The minimum absolute atomic E-state index is 0.347. The maximum atomic E-state index is 5.37. The third-order valence-electron chi connectivity index (χ3n) is 3.98. The van der Waals surface area contributed by atoms with E-state index in [0.29, 0.717) is 12.1 Å². The molecule has 2 heteroatoms. The maximum absolute atomic E-state index is 5.37. The van der Waals surface area contributed by atoms with Gasteiger partial charge in [0.25, 0.3) is 0 Å². The molecule has 20 heavy (non-hydrogen) atoms. The predicted octanol–water partition coefficient (Wildman–Crippen LogP) is 4.03. The zero-order chi connectivity index (χ0) is 15.0. The molecule has 1 N–H and O–H groups in total. The molecule has 0 aromatic heterocycles. The number of rotatable bonds is 9. The summed E-state index contributed by atoms with van der Waals surface area (Å²) in [4.78, 5) is 0. The van der Waals surface area contributed by atoms with Crippen LogP contribution in [0.3, 0.4) is 0 Å². The molecule has 1 aromatic carbocycles. The van der Waals surface area contributed by atoms with Crippen molar-refractivity contribution in [3.05, 3.63) is 34.9 Å². The van der Waals surface area contributed by atoms with Crippen molar-refractivity contribution in [2.75, 3.05) is 13.7 Å². The molecule has 2 atom stereocenters. The van der Waals surface area contributed by atoms with Crippen molar-refractivity contribution in [2.24, 2.45) is 0 Å². The van der Waals surface area contributed by atoms with E-state index in [1.165, 1.54) is 29.5 Å². The first-order chi connectivity index (χ1) is 9.56. The van der Waals surface area contributed by atoms with Gasteiger partial charge in [-0.05, 0) is 64.1 Å². The molecule has 2 unspecified atom stereocenters. The van der Waals surface area contributed by atoms with Crippen LogP contribution >= 0.6 is 0 Å². The molecule has 1 rings (SSSR count). The Kier molecular flexibility index (Phi) is 7.86. The maximum Gasteiger partial charge on any atom is 0.0543 e. The van der Waals surface area contributed by atoms with Crippen molar-refractivity contribution in [1.82, 2.24) is 5.32 Å². The molecule has 1 aromatic rings. The van der Waals surface area contributed by atoms with Crippen LogP contribution in [0.2, 0.25) is 0 Å². The molecule has 0 fully saturated rings. The zero-order valence-corrected chi connectivity index (χ0v) is 13.8. The minimum atomic E-state index is 0.347. The fourth-order valence-corrected chi connectivity index (χ4v) is 2.46. The molecular formula is C18H31NO. The van der Waals surface area contributed by atoms with E-state index in [1.807, 2.05) is 0 Å². The van der Waals surface area contributed by atoms with Crippen molar-refractivity contribution < 1.29 is 4.74 Å². The molecular weight excluding hydrogens is 246 g/mol. The van der Waals surface area contributed by atoms with Crippen LogP contribution in [0.1, 0.15) is 49.8 Å². The molecule has 114 valence electrons. The summed E-state index contributed by atoms with van der Waals surface area (Å²) in [5.74, 6) is 0. The molecule has 0 saturated heterocycles. The summed E-state index contributed by atoms with van der Waals surface area (Å²) in [7, 11) is 1.80. The Morgan fingerprint density at radius 2 is 1.95 bits per heavy atom. The second-order valence-corrected chi connectivity index (χ2v) is 5.91. The van der Waals surface area contributed by atoms with Crippen LogP contribution in [0, 0.1) is 13.8 Å². The average molecular weight is 277 g/mol. The first-order valence-corrected chi connectivity index (χ1v) is 7.89. The topological polar surface area (TPSA) is 21.3 Å². The summed E-state index contributed by atoms with van der Waals surface area (Å²) in [6.45, 7) is 9.85. The van der Waals surface area contributed by atoms with E-state index >= 15 is 0 Å². The highest BCUT2D eigenvalue weighted by atomic mass is 16.5. The van der Waals surface area contributed by atoms with Crippen LogP contribution < -0.4 is 5.32 Å². The van der Waals surface area contributed by atoms with Gasteiger partial charge >= 0.3 is 0 Å². The predicted molar refractivity (Wildman–Crippen MR) is 87.4 cm³/mol. The van der Waals surface area contributed by atoms with Gasteiger partial charge in [-0.1, -0.05) is 30.7 Å². The van der Waals surface area contributed by atoms with Gasteiger partial charge in [0.15, 0.2) is 0 Å². The normalized spacial score (nSPS) is 14.2. The number of ether oxygens (including phenoxy) is 1. The standard InChI is InChI=1S/C18H31NO/c1-6-11-19-18(10-9-16(4)20-5)13-17-12-14(2)7-8-15(17)3/h7-8,12,16,18-19H,6,9-11,13H2,1-5H3. The molecule has 2 nitrogen and oxygen atoms in total. The van der Waals surface area contributed by atoms with Gasteiger partial charge in [0, 0.05) is 13.2 Å². The van der Waals surface area contributed by atoms with Crippen LogP contribution in [-0.4, -0.2) is 25.8 Å². The lowest BCUT2D eigenvalue weighted by Gasteiger charge is -2.21. The van der Waals surface area contributed by atoms with Crippen molar-refractivity contribution in [3.63, 3.8) is 0 Å². The van der Waals surface area contributed by atoms with Crippen molar-refractivity contribution in [3.8, 4) is 0 Å². The summed E-state index contributed by atoms with van der Waals surface area (Å²) < 4.78 is 5.37. The molecule has 0 bridgehead atoms. The lowest BCUT2D eigenvalue weighted by atomic mass is 9.96. The lowest BCUT2D eigenvalue weighted by molar-refractivity contribution is 0.106. The van der Waals surface area contributed by atoms with E-state index in [9.17, 15) is 0 Å². The monoisotopic (exact) mass is 277 g/mol. The van der Waals surface area contributed by atoms with Gasteiger partial charge in [0.05, 0.1) is 6.10 Å². The minimum Gasteiger partial charge on any atom is -0.382 e. The average Bonchev–Trinajstić information content (AvgIpc) is 2.45. The molecule has 0 radical (unpaired) electrons. The Balaban J connectivity index is 2.65. The van der Waals surface area contributed by atoms with E-state index in [2.05, 4.69) is 51.2 Å². The number of nitrogens with one attached hydrogen (secondary N) is 1. The molecule has 0 saturated carbocycles. The Labute approximate surface area is 124 Å². The number of hydrogen-bond acceptors (Lipinski definition) is 2. The summed E-state index contributed by atoms with van der Waals surface area (Å²) >= 11 is 0. The largest absolute Gasteiger partial charge is 0.382 e. The summed E-state index contributed by atoms with van der Waals surface area (Å²) in [6, 6.07) is 7.31. The van der Waals surface area contributed by atoms with E-state index in [4.69, 9.17) is 4.74 Å². The van der Waals surface area contributed by atoms with E-state index in [0.717, 1.165) is 19.4 Å². The van der Waals surface area contributed by atoms with Crippen molar-refractivity contribution in [2.45, 2.75) is 65.5 Å². The van der Waals surface area contributed by atoms with Crippen molar-refractivity contribution in [1.29, 1.82) is 0 Å². The summed E-state index contributed by atoms with van der Waals surface area (Å²) in [5, 5.41) is 3.69. The van der Waals surface area contributed by atoms with Crippen LogP contribution in [0.5, 0.6) is 0 Å². The van der Waals surface area contributed by atoms with E-state index in [-0.39, 0.29) is 0 Å². The number of benzene rings is 1. The van der Waals surface area contributed by atoms with Gasteiger partial charge in [-0.25, -0.2) is 0 Å². The van der Waals surface area contributed by atoms with Crippen molar-refractivity contribution >= 4 is 0 Å². The van der Waals surface area contributed by atoms with Gasteiger partial charge in [0.2, 0.25) is 0 Å². The quantitative estimate of drug-likeness (QED) is 0.736. The third kappa shape index (κ3) is 6.06. The molecule has 0 spiro atoms. The number of hydrogen-bond donors (Lipinski definition) is 1. The van der Waals surface area contributed by atoms with Crippen LogP contribution in [0.25, 0.3) is 0 Å². The highest BCUT2D eigenvalue weighted by molar-refractivity contribution is 5.31. The third-order valence-corrected chi connectivity index (χ3v) is 3.98. The second-order valence-electron chi connectivity index (χ2n) is 5.91. The number of aryl methyl sites for hydroxylation is 2. The fraction of sp³-hybridized carbons (Fsp3) is 0.667. The van der Waals surface area contributed by atoms with E-state index < -0.39 is 0 Å². The number of methoxy groups -OCH3 is 1. The van der Waals surface area contributed by atoms with Gasteiger partial charge in [-0.15, -0.1) is 0 Å². The van der Waals surface area contributed by atoms with Gasteiger partial charge in [-0.3, -0.25) is 0 Å². The van der Waals surface area contributed by atoms with Gasteiger partial charge < -0.3 is 10.1 Å². The van der Waals surface area contributed by atoms with Crippen LogP contribution in [0.4, 0.5) is 0 Å². The zero-order valence-electron chi connectivity index (χ0n) is 13.8. The SMILES string of the molecule is CCCNC(CCC(C)OC)Cc1cc(C)ccc1C. The van der Waals surface area contributed by atoms with E-state index in [1.54, 1.807) is 7.11 Å². The Hall–Kier alpha value is -0.860. The highest BCUT2D eigenvalue weighted by Crippen LogP contribution is 2.16. The van der Waals surface area contributed by atoms with Crippen LogP contribution in [0.15, 0.2) is 18.2 Å². The smallest absolute Gasteiger partial charge is 0.0543 e. The Morgan fingerprint density at radius 1 is 1.20 bits per heavy atom. The Bertz CT molecular complexity index is 389. The highest BCUT2D eigenvalue weighted by Gasteiger charge is 2.12. The molecule has 0 aliphatic carbocycles. The first kappa shape index (κ1) is 17.2. The Morgan fingerprint density at radius 3 is 2.60 bits per heavy atom.